The third-order valence-electron chi connectivity index (χ3n) is 4.92. The van der Waals surface area contributed by atoms with Crippen molar-refractivity contribution >= 4 is 34.2 Å². The number of nitrogens with one attached hydrogen (secondary N) is 2. The Bertz CT molecular complexity index is 1320. The molecular weight excluding hydrogens is 470 g/mol. The third-order valence-corrected chi connectivity index (χ3v) is 5.24. The van der Waals surface area contributed by atoms with Crippen molar-refractivity contribution in [3.8, 4) is 23.1 Å². The fourth-order valence-corrected chi connectivity index (χ4v) is 3.42. The summed E-state index contributed by atoms with van der Waals surface area (Å²) in [5.74, 6) is 1.79. The predicted octanol–water partition coefficient (Wildman–Crippen LogP) is 5.59. The second-order valence-corrected chi connectivity index (χ2v) is 7.84. The van der Waals surface area contributed by atoms with Gasteiger partial charge in [0.25, 0.3) is 0 Å². The van der Waals surface area contributed by atoms with Gasteiger partial charge in [-0.15, -0.1) is 0 Å². The van der Waals surface area contributed by atoms with Gasteiger partial charge >= 0.3 is 6.03 Å². The maximum atomic E-state index is 11.9. The molecule has 0 radical (unpaired) electrons. The summed E-state index contributed by atoms with van der Waals surface area (Å²) >= 11 is 6.36. The summed E-state index contributed by atoms with van der Waals surface area (Å²) in [6.07, 6.45) is 3.95. The monoisotopic (exact) mass is 493 g/mol. The summed E-state index contributed by atoms with van der Waals surface area (Å²) in [5, 5.41) is 6.40. The van der Waals surface area contributed by atoms with E-state index < -0.39 is 0 Å². The molecule has 9 nitrogen and oxygen atoms in total. The van der Waals surface area contributed by atoms with Gasteiger partial charge in [-0.05, 0) is 36.8 Å². The number of methoxy groups -OCH3 is 1. The number of carbonyl (C=O) groups is 1. The molecule has 4 rings (SSSR count). The Morgan fingerprint density at radius 1 is 1.06 bits per heavy atom. The summed E-state index contributed by atoms with van der Waals surface area (Å²) in [5.41, 5.74) is 1.87. The largest absolute Gasteiger partial charge is 0.493 e. The normalized spacial score (nSPS) is 10.6. The van der Waals surface area contributed by atoms with Crippen LogP contribution in [-0.2, 0) is 6.61 Å². The average Bonchev–Trinajstić information content (AvgIpc) is 2.88. The number of carbonyl (C=O) groups excluding carboxylic acids is 1. The number of halogens is 1. The van der Waals surface area contributed by atoms with Crippen LogP contribution in [-0.4, -0.2) is 34.6 Å². The SMILES string of the molecule is CCCNC(=O)Nc1ccc(Oc2ncnc3cc(OC)c(OCc4ccccn4)cc23)cc1Cl. The van der Waals surface area contributed by atoms with Crippen molar-refractivity contribution < 1.29 is 19.0 Å². The van der Waals surface area contributed by atoms with Crippen molar-refractivity contribution in [1.82, 2.24) is 20.3 Å². The number of benzene rings is 2. The van der Waals surface area contributed by atoms with E-state index in [0.717, 1.165) is 12.1 Å². The summed E-state index contributed by atoms with van der Waals surface area (Å²) < 4.78 is 17.5. The standard InChI is InChI=1S/C25H24ClN5O4/c1-3-9-28-25(32)31-20-8-7-17(11-19(20)26)35-24-18-12-23(34-14-16-6-4-5-10-27-16)22(33-2)13-21(18)29-15-30-24/h4-8,10-13,15H,3,9,14H2,1-2H3,(H2,28,31,32). The number of urea groups is 1. The van der Waals surface area contributed by atoms with Crippen LogP contribution in [0.2, 0.25) is 5.02 Å². The van der Waals surface area contributed by atoms with Crippen LogP contribution in [0.4, 0.5) is 10.5 Å². The van der Waals surface area contributed by atoms with Crippen LogP contribution < -0.4 is 24.8 Å². The number of amides is 2. The minimum atomic E-state index is -0.323. The molecule has 0 aliphatic carbocycles. The van der Waals surface area contributed by atoms with E-state index >= 15 is 0 Å². The molecule has 0 aliphatic heterocycles. The van der Waals surface area contributed by atoms with Crippen molar-refractivity contribution in [2.45, 2.75) is 20.0 Å². The minimum absolute atomic E-state index is 0.266. The first-order valence-electron chi connectivity index (χ1n) is 10.9. The van der Waals surface area contributed by atoms with Crippen LogP contribution in [0.15, 0.2) is 61.1 Å². The first-order chi connectivity index (χ1) is 17.1. The molecule has 0 aliphatic rings. The molecule has 0 unspecified atom stereocenters. The lowest BCUT2D eigenvalue weighted by atomic mass is 10.2. The fourth-order valence-electron chi connectivity index (χ4n) is 3.21. The van der Waals surface area contributed by atoms with Crippen molar-refractivity contribution in [3.05, 3.63) is 71.8 Å². The second-order valence-electron chi connectivity index (χ2n) is 7.43. The Labute approximate surface area is 207 Å². The molecule has 2 heterocycles. The Hall–Kier alpha value is -4.11. The van der Waals surface area contributed by atoms with Gasteiger partial charge in [-0.3, -0.25) is 4.98 Å². The molecule has 0 spiro atoms. The number of nitrogens with zero attached hydrogens (tertiary/aromatic N) is 3. The lowest BCUT2D eigenvalue weighted by Gasteiger charge is -2.14. The van der Waals surface area contributed by atoms with Crippen molar-refractivity contribution in [1.29, 1.82) is 0 Å². The quantitative estimate of drug-likeness (QED) is 0.313. The average molecular weight is 494 g/mol. The molecule has 180 valence electrons. The number of hydrogen-bond donors (Lipinski definition) is 2. The third kappa shape index (κ3) is 6.07. The van der Waals surface area contributed by atoms with E-state index in [1.165, 1.54) is 6.33 Å². The Morgan fingerprint density at radius 2 is 1.94 bits per heavy atom. The van der Waals surface area contributed by atoms with E-state index in [9.17, 15) is 4.79 Å². The number of pyridine rings is 1. The van der Waals surface area contributed by atoms with E-state index in [1.807, 2.05) is 25.1 Å². The van der Waals surface area contributed by atoms with Gasteiger partial charge in [-0.1, -0.05) is 24.6 Å². The van der Waals surface area contributed by atoms with Crippen LogP contribution in [0, 0.1) is 0 Å². The van der Waals surface area contributed by atoms with Gasteiger partial charge in [0.05, 0.1) is 34.4 Å². The minimum Gasteiger partial charge on any atom is -0.493 e. The number of fused-ring (bicyclic) bond motifs is 1. The highest BCUT2D eigenvalue weighted by Crippen LogP contribution is 2.37. The molecule has 2 aromatic heterocycles. The molecule has 4 aromatic rings. The molecule has 10 heteroatoms. The highest BCUT2D eigenvalue weighted by Gasteiger charge is 2.14. The van der Waals surface area contributed by atoms with Crippen molar-refractivity contribution in [2.24, 2.45) is 0 Å². The van der Waals surface area contributed by atoms with Gasteiger partial charge < -0.3 is 24.8 Å². The van der Waals surface area contributed by atoms with Crippen molar-refractivity contribution in [2.75, 3.05) is 19.0 Å². The number of rotatable bonds is 9. The predicted molar refractivity (Wildman–Crippen MR) is 133 cm³/mol. The first-order valence-corrected chi connectivity index (χ1v) is 11.3. The van der Waals surface area contributed by atoms with E-state index in [4.69, 9.17) is 25.8 Å². The highest BCUT2D eigenvalue weighted by molar-refractivity contribution is 6.33. The van der Waals surface area contributed by atoms with Crippen LogP contribution in [0.3, 0.4) is 0 Å². The van der Waals surface area contributed by atoms with E-state index in [-0.39, 0.29) is 12.6 Å². The maximum absolute atomic E-state index is 11.9. The van der Waals surface area contributed by atoms with E-state index in [2.05, 4.69) is 25.6 Å². The van der Waals surface area contributed by atoms with E-state index in [1.54, 1.807) is 43.6 Å². The number of anilines is 1. The summed E-state index contributed by atoms with van der Waals surface area (Å²) in [6.45, 7) is 2.81. The molecule has 35 heavy (non-hydrogen) atoms. The Kier molecular flexibility index (Phi) is 7.79. The van der Waals surface area contributed by atoms with Gasteiger partial charge in [0, 0.05) is 24.9 Å². The summed E-state index contributed by atoms with van der Waals surface area (Å²) in [7, 11) is 1.56. The first kappa shape index (κ1) is 24.0. The molecule has 0 fully saturated rings. The topological polar surface area (TPSA) is 107 Å². The molecule has 2 amide bonds. The van der Waals surface area contributed by atoms with Gasteiger partial charge in [0.1, 0.15) is 18.7 Å². The lowest BCUT2D eigenvalue weighted by molar-refractivity contribution is 0.252. The van der Waals surface area contributed by atoms with Crippen molar-refractivity contribution in [3.63, 3.8) is 0 Å². The fraction of sp³-hybridized carbons (Fsp3) is 0.200. The zero-order valence-electron chi connectivity index (χ0n) is 19.2. The Morgan fingerprint density at radius 3 is 2.69 bits per heavy atom. The van der Waals surface area contributed by atoms with Gasteiger partial charge in [0.15, 0.2) is 11.5 Å². The van der Waals surface area contributed by atoms with Gasteiger partial charge in [-0.25, -0.2) is 14.8 Å². The molecule has 0 bridgehead atoms. The van der Waals surface area contributed by atoms with E-state index in [0.29, 0.717) is 51.3 Å². The van der Waals surface area contributed by atoms with Gasteiger partial charge in [-0.2, -0.15) is 0 Å². The zero-order chi connectivity index (χ0) is 24.6. The maximum Gasteiger partial charge on any atom is 0.319 e. The smallest absolute Gasteiger partial charge is 0.319 e. The molecule has 0 saturated carbocycles. The molecule has 2 N–H and O–H groups in total. The molecular formula is C25H24ClN5O4. The molecule has 0 saturated heterocycles. The number of ether oxygens (including phenoxy) is 3. The van der Waals surface area contributed by atoms with Gasteiger partial charge in [0.2, 0.25) is 5.88 Å². The summed E-state index contributed by atoms with van der Waals surface area (Å²) in [6, 6.07) is 13.8. The molecule has 0 atom stereocenters. The molecule has 2 aromatic carbocycles. The zero-order valence-corrected chi connectivity index (χ0v) is 20.0. The Balaban J connectivity index is 1.57. The van der Waals surface area contributed by atoms with Crippen LogP contribution in [0.5, 0.6) is 23.1 Å². The number of aromatic nitrogens is 3. The lowest BCUT2D eigenvalue weighted by Crippen LogP contribution is -2.29. The van der Waals surface area contributed by atoms with Crippen LogP contribution in [0.1, 0.15) is 19.0 Å². The summed E-state index contributed by atoms with van der Waals surface area (Å²) in [4.78, 5) is 24.8. The van der Waals surface area contributed by atoms with Crippen LogP contribution >= 0.6 is 11.6 Å². The van der Waals surface area contributed by atoms with Crippen LogP contribution in [0.25, 0.3) is 10.9 Å². The number of hydrogen-bond acceptors (Lipinski definition) is 7. The highest BCUT2D eigenvalue weighted by atomic mass is 35.5. The second kappa shape index (κ2) is 11.3.